The minimum Gasteiger partial charge on any atom is -0.465 e. The lowest BCUT2D eigenvalue weighted by atomic mass is 9.84. The fourth-order valence-corrected chi connectivity index (χ4v) is 4.59. The predicted octanol–water partition coefficient (Wildman–Crippen LogP) is 4.77. The highest BCUT2D eigenvalue weighted by molar-refractivity contribution is 6.28. The van der Waals surface area contributed by atoms with Gasteiger partial charge in [-0.1, -0.05) is 57.2 Å². The molecule has 0 spiro atoms. The van der Waals surface area contributed by atoms with E-state index in [-0.39, 0.29) is 28.3 Å². The summed E-state index contributed by atoms with van der Waals surface area (Å²) in [7, 11) is 1.71. The van der Waals surface area contributed by atoms with Crippen LogP contribution < -0.4 is 9.80 Å². The second-order valence-corrected chi connectivity index (χ2v) is 9.88. The standard InChI is InChI=1S/C25H28ClN5O3/c1-25(2,3)20-15-30(24(33)34)12-13-31(20)21-14-18(27-23(26)28-21)22(32)29(4)19-11-7-9-16-8-5-6-10-17(16)19/h5-11,14,20H,12-13,15H2,1-4H3,(H,33,34). The highest BCUT2D eigenvalue weighted by Gasteiger charge is 2.38. The zero-order chi connectivity index (χ0) is 24.6. The van der Waals surface area contributed by atoms with Gasteiger partial charge in [-0.3, -0.25) is 4.79 Å². The first-order chi connectivity index (χ1) is 16.1. The minimum absolute atomic E-state index is 0.0273. The van der Waals surface area contributed by atoms with Crippen molar-refractivity contribution in [2.75, 3.05) is 36.5 Å². The molecule has 1 N–H and O–H groups in total. The molecular weight excluding hydrogens is 454 g/mol. The number of rotatable bonds is 3. The van der Waals surface area contributed by atoms with E-state index in [2.05, 4.69) is 30.7 Å². The molecule has 2 amide bonds. The molecule has 1 aliphatic heterocycles. The van der Waals surface area contributed by atoms with Gasteiger partial charge >= 0.3 is 6.09 Å². The van der Waals surface area contributed by atoms with Crippen LogP contribution in [0, 0.1) is 5.41 Å². The molecular formula is C25H28ClN5O3. The summed E-state index contributed by atoms with van der Waals surface area (Å²) in [5.41, 5.74) is 0.705. The number of carbonyl (C=O) groups excluding carboxylic acids is 1. The number of amides is 2. The molecule has 0 saturated carbocycles. The van der Waals surface area contributed by atoms with Crippen molar-refractivity contribution in [1.29, 1.82) is 0 Å². The molecule has 8 nitrogen and oxygen atoms in total. The largest absolute Gasteiger partial charge is 0.465 e. The number of hydrogen-bond donors (Lipinski definition) is 1. The molecule has 0 bridgehead atoms. The second kappa shape index (κ2) is 9.10. The molecule has 34 heavy (non-hydrogen) atoms. The summed E-state index contributed by atoms with van der Waals surface area (Å²) in [5.74, 6) is 0.206. The molecule has 9 heteroatoms. The monoisotopic (exact) mass is 481 g/mol. The van der Waals surface area contributed by atoms with Crippen LogP contribution in [-0.4, -0.2) is 64.7 Å². The van der Waals surface area contributed by atoms with E-state index in [0.717, 1.165) is 16.5 Å². The van der Waals surface area contributed by atoms with Crippen LogP contribution in [0.2, 0.25) is 5.28 Å². The number of anilines is 2. The number of fused-ring (bicyclic) bond motifs is 1. The number of hydrogen-bond acceptors (Lipinski definition) is 5. The van der Waals surface area contributed by atoms with Crippen LogP contribution >= 0.6 is 11.6 Å². The fourth-order valence-electron chi connectivity index (χ4n) is 4.42. The smallest absolute Gasteiger partial charge is 0.407 e. The zero-order valence-electron chi connectivity index (χ0n) is 19.7. The van der Waals surface area contributed by atoms with Crippen LogP contribution in [0.25, 0.3) is 10.8 Å². The first-order valence-electron chi connectivity index (χ1n) is 11.1. The highest BCUT2D eigenvalue weighted by Crippen LogP contribution is 2.32. The summed E-state index contributed by atoms with van der Waals surface area (Å²) in [4.78, 5) is 38.7. The van der Waals surface area contributed by atoms with Gasteiger partial charge in [0.15, 0.2) is 0 Å². The number of benzene rings is 2. The van der Waals surface area contributed by atoms with Crippen molar-refractivity contribution >= 4 is 45.9 Å². The number of aromatic nitrogens is 2. The van der Waals surface area contributed by atoms with Crippen LogP contribution in [0.15, 0.2) is 48.5 Å². The topological polar surface area (TPSA) is 89.9 Å². The molecule has 1 aliphatic rings. The Labute approximate surface area is 203 Å². The average molecular weight is 482 g/mol. The van der Waals surface area contributed by atoms with Gasteiger partial charge in [0, 0.05) is 38.1 Å². The molecule has 1 fully saturated rings. The molecule has 3 aromatic rings. The molecule has 0 radical (unpaired) electrons. The third kappa shape index (κ3) is 4.63. The third-order valence-electron chi connectivity index (χ3n) is 6.28. The molecule has 1 unspecified atom stereocenters. The summed E-state index contributed by atoms with van der Waals surface area (Å²) < 4.78 is 0. The molecule has 1 aromatic heterocycles. The number of nitrogens with zero attached hydrogens (tertiary/aromatic N) is 5. The molecule has 2 aromatic carbocycles. The molecule has 4 rings (SSSR count). The molecule has 1 saturated heterocycles. The summed E-state index contributed by atoms with van der Waals surface area (Å²) >= 11 is 6.28. The fraction of sp³-hybridized carbons (Fsp3) is 0.360. The van der Waals surface area contributed by atoms with Gasteiger partial charge in [-0.05, 0) is 28.5 Å². The first-order valence-corrected chi connectivity index (χ1v) is 11.5. The van der Waals surface area contributed by atoms with Gasteiger partial charge < -0.3 is 19.8 Å². The Morgan fingerprint density at radius 3 is 2.50 bits per heavy atom. The Morgan fingerprint density at radius 1 is 1.09 bits per heavy atom. The van der Waals surface area contributed by atoms with Crippen molar-refractivity contribution in [1.82, 2.24) is 14.9 Å². The quantitative estimate of drug-likeness (QED) is 0.542. The molecule has 2 heterocycles. The Bertz CT molecular complexity index is 1240. The van der Waals surface area contributed by atoms with Crippen LogP contribution in [0.1, 0.15) is 31.3 Å². The van der Waals surface area contributed by atoms with Crippen LogP contribution in [0.4, 0.5) is 16.3 Å². The maximum absolute atomic E-state index is 13.5. The van der Waals surface area contributed by atoms with Gasteiger partial charge in [0.1, 0.15) is 11.5 Å². The lowest BCUT2D eigenvalue weighted by Gasteiger charge is -2.47. The van der Waals surface area contributed by atoms with Gasteiger partial charge in [0.05, 0.1) is 11.7 Å². The van der Waals surface area contributed by atoms with E-state index in [0.29, 0.717) is 25.5 Å². The lowest BCUT2D eigenvalue weighted by molar-refractivity contribution is 0.0988. The minimum atomic E-state index is -0.942. The van der Waals surface area contributed by atoms with Gasteiger partial charge in [-0.2, -0.15) is 0 Å². The van der Waals surface area contributed by atoms with Gasteiger partial charge in [-0.15, -0.1) is 0 Å². The number of carboxylic acid groups (broad SMARTS) is 1. The molecule has 1 atom stereocenters. The Hall–Kier alpha value is -3.39. The number of piperazine rings is 1. The van der Waals surface area contributed by atoms with Crippen molar-refractivity contribution in [3.05, 3.63) is 59.5 Å². The normalized spacial score (nSPS) is 16.6. The SMILES string of the molecule is CN(C(=O)c1cc(N2CCN(C(=O)O)CC2C(C)(C)C)nc(Cl)n1)c1cccc2ccccc12. The zero-order valence-corrected chi connectivity index (χ0v) is 20.5. The van der Waals surface area contributed by atoms with Gasteiger partial charge in [0.2, 0.25) is 5.28 Å². The predicted molar refractivity (Wildman–Crippen MR) is 134 cm³/mol. The summed E-state index contributed by atoms with van der Waals surface area (Å²) in [5, 5.41) is 11.5. The van der Waals surface area contributed by atoms with E-state index < -0.39 is 6.09 Å². The van der Waals surface area contributed by atoms with Crippen molar-refractivity contribution in [3.63, 3.8) is 0 Å². The molecule has 178 valence electrons. The van der Waals surface area contributed by atoms with Crippen LogP contribution in [0.3, 0.4) is 0 Å². The lowest BCUT2D eigenvalue weighted by Crippen LogP contribution is -2.59. The van der Waals surface area contributed by atoms with Crippen molar-refractivity contribution in [2.24, 2.45) is 5.41 Å². The van der Waals surface area contributed by atoms with E-state index >= 15 is 0 Å². The first kappa shape index (κ1) is 23.8. The van der Waals surface area contributed by atoms with Crippen molar-refractivity contribution < 1.29 is 14.7 Å². The van der Waals surface area contributed by atoms with E-state index in [1.807, 2.05) is 47.4 Å². The van der Waals surface area contributed by atoms with Gasteiger partial charge in [0.25, 0.3) is 5.91 Å². The summed E-state index contributed by atoms with van der Waals surface area (Å²) in [6.45, 7) is 7.27. The maximum atomic E-state index is 13.5. The van der Waals surface area contributed by atoms with Crippen molar-refractivity contribution in [3.8, 4) is 0 Å². The van der Waals surface area contributed by atoms with E-state index in [1.165, 1.54) is 4.90 Å². The average Bonchev–Trinajstić information content (AvgIpc) is 2.81. The van der Waals surface area contributed by atoms with Crippen LogP contribution in [-0.2, 0) is 0 Å². The summed E-state index contributed by atoms with van der Waals surface area (Å²) in [6.07, 6.45) is -0.942. The van der Waals surface area contributed by atoms with Crippen molar-refractivity contribution in [2.45, 2.75) is 26.8 Å². The second-order valence-electron chi connectivity index (χ2n) is 9.55. The molecule has 0 aliphatic carbocycles. The van der Waals surface area contributed by atoms with E-state index in [9.17, 15) is 14.7 Å². The van der Waals surface area contributed by atoms with E-state index in [4.69, 9.17) is 11.6 Å². The third-order valence-corrected chi connectivity index (χ3v) is 6.45. The van der Waals surface area contributed by atoms with Crippen LogP contribution in [0.5, 0.6) is 0 Å². The maximum Gasteiger partial charge on any atom is 0.407 e. The van der Waals surface area contributed by atoms with Gasteiger partial charge in [-0.25, -0.2) is 14.8 Å². The Kier molecular flexibility index (Phi) is 6.36. The summed E-state index contributed by atoms with van der Waals surface area (Å²) in [6, 6.07) is 15.2. The highest BCUT2D eigenvalue weighted by atomic mass is 35.5. The number of carbonyl (C=O) groups is 2. The number of halogens is 1. The Morgan fingerprint density at radius 2 is 1.79 bits per heavy atom. The van der Waals surface area contributed by atoms with E-state index in [1.54, 1.807) is 18.0 Å². The Balaban J connectivity index is 1.69.